The second-order valence-electron chi connectivity index (χ2n) is 4.27. The van der Waals surface area contributed by atoms with Gasteiger partial charge in [0.25, 0.3) is 0 Å². The predicted molar refractivity (Wildman–Crippen MR) is 57.1 cm³/mol. The van der Waals surface area contributed by atoms with Crippen LogP contribution in [0.1, 0.15) is 19.3 Å². The number of rotatable bonds is 0. The van der Waals surface area contributed by atoms with Gasteiger partial charge >= 0.3 is 0 Å². The molecule has 0 aromatic heterocycles. The van der Waals surface area contributed by atoms with Gasteiger partial charge in [0, 0.05) is 27.4 Å². The van der Waals surface area contributed by atoms with Crippen LogP contribution in [0.3, 0.4) is 0 Å². The highest BCUT2D eigenvalue weighted by atomic mass is 79.9. The van der Waals surface area contributed by atoms with Gasteiger partial charge in [0.15, 0.2) is 0 Å². The highest BCUT2D eigenvalue weighted by Crippen LogP contribution is 2.52. The van der Waals surface area contributed by atoms with Crippen LogP contribution in [0.25, 0.3) is 0 Å². The van der Waals surface area contributed by atoms with E-state index in [0.29, 0.717) is 0 Å². The molecule has 0 N–H and O–H groups in total. The van der Waals surface area contributed by atoms with Gasteiger partial charge in [0.2, 0.25) is 0 Å². The maximum absolute atomic E-state index is 3.83. The largest absolute Gasteiger partial charge is 0.297 e. The first-order valence-corrected chi connectivity index (χ1v) is 6.64. The van der Waals surface area contributed by atoms with E-state index in [1.165, 1.54) is 19.3 Å². The third kappa shape index (κ3) is 0.906. The molecule has 0 aromatic carbocycles. The van der Waals surface area contributed by atoms with Crippen LogP contribution in [0.5, 0.6) is 0 Å². The van der Waals surface area contributed by atoms with E-state index >= 15 is 0 Å². The van der Waals surface area contributed by atoms with Gasteiger partial charge in [-0.1, -0.05) is 15.9 Å². The number of nitrogens with zero attached hydrogens (tertiary/aromatic N) is 1. The molecule has 0 radical (unpaired) electrons. The summed E-state index contributed by atoms with van der Waals surface area (Å²) in [5, 5.41) is 1.87. The molecular formula is C9H14BrNS. The lowest BCUT2D eigenvalue weighted by atomic mass is 9.83. The number of hydrogen-bond acceptors (Lipinski definition) is 2. The minimum Gasteiger partial charge on any atom is -0.297 e. The van der Waals surface area contributed by atoms with Crippen LogP contribution in [0.4, 0.5) is 0 Å². The predicted octanol–water partition coefficient (Wildman–Crippen LogP) is 2.10. The third-order valence-corrected chi connectivity index (χ3v) is 6.36. The maximum Gasteiger partial charge on any atom is 0.0340 e. The Labute approximate surface area is 86.4 Å². The van der Waals surface area contributed by atoms with Gasteiger partial charge in [0.05, 0.1) is 0 Å². The molecule has 5 aliphatic rings. The molecule has 68 valence electrons. The molecule has 5 heterocycles. The van der Waals surface area contributed by atoms with Gasteiger partial charge in [-0.3, -0.25) is 4.90 Å². The lowest BCUT2D eigenvalue weighted by Gasteiger charge is -2.59. The third-order valence-electron chi connectivity index (χ3n) is 3.73. The van der Waals surface area contributed by atoms with Gasteiger partial charge in [-0.05, 0) is 26.3 Å². The smallest absolute Gasteiger partial charge is 0.0340 e. The lowest BCUT2D eigenvalue weighted by molar-refractivity contribution is 0.0693. The van der Waals surface area contributed by atoms with E-state index in [9.17, 15) is 0 Å². The molecule has 0 spiro atoms. The second kappa shape index (κ2) is 2.64. The quantitative estimate of drug-likeness (QED) is 0.604. The van der Waals surface area contributed by atoms with Crippen LogP contribution in [-0.4, -0.2) is 39.4 Å². The van der Waals surface area contributed by atoms with Crippen molar-refractivity contribution in [3.05, 3.63) is 0 Å². The Balaban J connectivity index is 1.97. The topological polar surface area (TPSA) is 3.24 Å². The van der Waals surface area contributed by atoms with E-state index in [0.717, 1.165) is 27.4 Å². The average Bonchev–Trinajstić information content (AvgIpc) is 2.03. The van der Waals surface area contributed by atoms with Crippen molar-refractivity contribution in [2.24, 2.45) is 0 Å². The fraction of sp³-hybridized carbons (Fsp3) is 1.00. The van der Waals surface area contributed by atoms with Crippen molar-refractivity contribution >= 4 is 27.7 Å². The van der Waals surface area contributed by atoms with E-state index in [4.69, 9.17) is 0 Å². The van der Waals surface area contributed by atoms with Crippen LogP contribution in [0.2, 0.25) is 0 Å². The van der Waals surface area contributed by atoms with E-state index in [2.05, 4.69) is 39.6 Å². The Morgan fingerprint density at radius 3 is 2.75 bits per heavy atom. The van der Waals surface area contributed by atoms with Crippen LogP contribution >= 0.6 is 27.7 Å². The molecule has 0 amide bonds. The maximum atomic E-state index is 3.83. The molecule has 0 saturated carbocycles. The Morgan fingerprint density at radius 1 is 1.33 bits per heavy atom. The van der Waals surface area contributed by atoms with E-state index in [1.54, 1.807) is 0 Å². The highest BCUT2D eigenvalue weighted by molar-refractivity contribution is 9.09. The van der Waals surface area contributed by atoms with E-state index in [-0.39, 0.29) is 0 Å². The number of halogens is 1. The zero-order valence-corrected chi connectivity index (χ0v) is 9.64. The zero-order chi connectivity index (χ0) is 8.29. The molecule has 0 aromatic rings. The van der Waals surface area contributed by atoms with Crippen molar-refractivity contribution in [1.29, 1.82) is 0 Å². The Hall–Kier alpha value is 0.790. The Kier molecular flexibility index (Phi) is 1.79. The Morgan fingerprint density at radius 2 is 2.17 bits per heavy atom. The SMILES string of the molecule is CN1C2CCC3SC2CC(Br)C31. The van der Waals surface area contributed by atoms with Crippen LogP contribution < -0.4 is 0 Å². The molecule has 5 aliphatic heterocycles. The molecule has 5 rings (SSSR count). The summed E-state index contributed by atoms with van der Waals surface area (Å²) in [5.41, 5.74) is 0. The van der Waals surface area contributed by atoms with Crippen LogP contribution in [-0.2, 0) is 0 Å². The van der Waals surface area contributed by atoms with Crippen molar-refractivity contribution in [1.82, 2.24) is 4.90 Å². The minimum atomic E-state index is 0.773. The van der Waals surface area contributed by atoms with E-state index < -0.39 is 0 Å². The molecular weight excluding hydrogens is 234 g/mol. The first kappa shape index (κ1) is 8.13. The summed E-state index contributed by atoms with van der Waals surface area (Å²) in [5.74, 6) is 0. The van der Waals surface area contributed by atoms with Gasteiger partial charge in [-0.15, -0.1) is 0 Å². The monoisotopic (exact) mass is 247 g/mol. The first-order valence-electron chi connectivity index (χ1n) is 4.79. The number of thioether (sulfide) groups is 1. The lowest BCUT2D eigenvalue weighted by Crippen LogP contribution is -2.67. The summed E-state index contributed by atoms with van der Waals surface area (Å²) >= 11 is 6.10. The number of hydrogen-bond donors (Lipinski definition) is 0. The molecule has 4 bridgehead atoms. The molecule has 5 saturated heterocycles. The molecule has 3 heteroatoms. The normalized spacial score (nSPS) is 58.0. The standard InChI is InChI=1S/C9H14BrNS/c1-11-6-2-3-7-9(11)5(10)4-8(6)12-7/h5-9H,2-4H2,1H3. The van der Waals surface area contributed by atoms with Gasteiger partial charge in [0.1, 0.15) is 0 Å². The van der Waals surface area contributed by atoms with Crippen molar-refractivity contribution in [3.8, 4) is 0 Å². The Bertz CT molecular complexity index is 205. The minimum absolute atomic E-state index is 0.773. The first-order chi connectivity index (χ1) is 5.77. The average molecular weight is 248 g/mol. The van der Waals surface area contributed by atoms with Crippen molar-refractivity contribution < 1.29 is 0 Å². The van der Waals surface area contributed by atoms with Crippen molar-refractivity contribution in [2.45, 2.75) is 46.7 Å². The number of piperidine rings is 2. The van der Waals surface area contributed by atoms with Crippen molar-refractivity contribution in [3.63, 3.8) is 0 Å². The van der Waals surface area contributed by atoms with Crippen LogP contribution in [0.15, 0.2) is 0 Å². The zero-order valence-electron chi connectivity index (χ0n) is 7.24. The fourth-order valence-electron chi connectivity index (χ4n) is 3.17. The fourth-order valence-corrected chi connectivity index (χ4v) is 6.85. The number of alkyl halides is 1. The molecule has 5 atom stereocenters. The summed E-state index contributed by atoms with van der Waals surface area (Å²) in [6.07, 6.45) is 4.32. The summed E-state index contributed by atoms with van der Waals surface area (Å²) in [7, 11) is 2.32. The molecule has 12 heavy (non-hydrogen) atoms. The summed E-state index contributed by atoms with van der Waals surface area (Å²) in [4.78, 5) is 3.41. The summed E-state index contributed by atoms with van der Waals surface area (Å²) < 4.78 is 0. The molecule has 5 unspecified atom stereocenters. The summed E-state index contributed by atoms with van der Waals surface area (Å²) in [6, 6.07) is 1.73. The summed E-state index contributed by atoms with van der Waals surface area (Å²) in [6.45, 7) is 0. The molecule has 0 aliphatic carbocycles. The highest BCUT2D eigenvalue weighted by Gasteiger charge is 2.53. The number of fused-ring (bicyclic) bond motifs is 2. The molecule has 5 fully saturated rings. The van der Waals surface area contributed by atoms with Gasteiger partial charge < -0.3 is 0 Å². The van der Waals surface area contributed by atoms with Crippen molar-refractivity contribution in [2.75, 3.05) is 7.05 Å². The van der Waals surface area contributed by atoms with Crippen LogP contribution in [0, 0.1) is 0 Å². The van der Waals surface area contributed by atoms with Gasteiger partial charge in [-0.2, -0.15) is 11.8 Å². The second-order valence-corrected chi connectivity index (χ2v) is 6.92. The van der Waals surface area contributed by atoms with Gasteiger partial charge in [-0.25, -0.2) is 0 Å². The molecule has 1 nitrogen and oxygen atoms in total. The van der Waals surface area contributed by atoms with E-state index in [1.807, 2.05) is 0 Å².